The van der Waals surface area contributed by atoms with Gasteiger partial charge in [-0.2, -0.15) is 5.26 Å². The van der Waals surface area contributed by atoms with E-state index in [2.05, 4.69) is 0 Å². The summed E-state index contributed by atoms with van der Waals surface area (Å²) in [6.45, 7) is 0. The summed E-state index contributed by atoms with van der Waals surface area (Å²) in [4.78, 5) is 12.2. The number of methoxy groups -OCH3 is 3. The fraction of sp³-hybridized carbons (Fsp3) is 0.158. The third-order valence-corrected chi connectivity index (χ3v) is 3.39. The van der Waals surface area contributed by atoms with Gasteiger partial charge < -0.3 is 14.2 Å². The molecule has 24 heavy (non-hydrogen) atoms. The van der Waals surface area contributed by atoms with Gasteiger partial charge in [-0.25, -0.2) is 0 Å². The van der Waals surface area contributed by atoms with Gasteiger partial charge in [-0.05, 0) is 35.9 Å². The van der Waals surface area contributed by atoms with Crippen molar-refractivity contribution >= 4 is 11.9 Å². The van der Waals surface area contributed by atoms with E-state index in [0.29, 0.717) is 28.4 Å². The molecule has 0 saturated carbocycles. The fourth-order valence-corrected chi connectivity index (χ4v) is 2.21. The van der Waals surface area contributed by atoms with Crippen molar-refractivity contribution in [2.45, 2.75) is 0 Å². The van der Waals surface area contributed by atoms with Gasteiger partial charge in [-0.15, -0.1) is 0 Å². The molecule has 0 radical (unpaired) electrons. The van der Waals surface area contributed by atoms with Crippen LogP contribution in [0.15, 0.2) is 42.5 Å². The molecule has 0 saturated heterocycles. The molecule has 0 aliphatic heterocycles. The molecule has 122 valence electrons. The largest absolute Gasteiger partial charge is 0.493 e. The van der Waals surface area contributed by atoms with Crippen LogP contribution in [0.2, 0.25) is 0 Å². The van der Waals surface area contributed by atoms with Gasteiger partial charge in [0.1, 0.15) is 0 Å². The monoisotopic (exact) mass is 323 g/mol. The minimum absolute atomic E-state index is 0.194. The molecular weight excluding hydrogens is 306 g/mol. The Bertz CT molecular complexity index is 793. The molecule has 2 rings (SSSR count). The number of benzene rings is 2. The maximum atomic E-state index is 12.2. The maximum Gasteiger partial charge on any atom is 0.203 e. The number of allylic oxidation sites excluding steroid dienone is 1. The molecule has 0 fully saturated rings. The summed E-state index contributed by atoms with van der Waals surface area (Å²) in [6, 6.07) is 12.1. The van der Waals surface area contributed by atoms with Gasteiger partial charge in [0.15, 0.2) is 17.3 Å². The van der Waals surface area contributed by atoms with Gasteiger partial charge in [0.25, 0.3) is 0 Å². The van der Waals surface area contributed by atoms with Crippen LogP contribution in [-0.2, 0) is 0 Å². The minimum Gasteiger partial charge on any atom is -0.493 e. The third kappa shape index (κ3) is 3.73. The van der Waals surface area contributed by atoms with Crippen LogP contribution in [0, 0.1) is 11.3 Å². The van der Waals surface area contributed by atoms with E-state index < -0.39 is 0 Å². The summed E-state index contributed by atoms with van der Waals surface area (Å²) in [6.07, 6.45) is 3.10. The topological polar surface area (TPSA) is 68.6 Å². The highest BCUT2D eigenvalue weighted by Gasteiger charge is 2.12. The molecule has 0 N–H and O–H groups in total. The van der Waals surface area contributed by atoms with Crippen LogP contribution in [0.25, 0.3) is 6.08 Å². The molecule has 0 bridgehead atoms. The number of ether oxygens (including phenoxy) is 3. The van der Waals surface area contributed by atoms with Crippen molar-refractivity contribution < 1.29 is 19.0 Å². The Morgan fingerprint density at radius 2 is 1.71 bits per heavy atom. The summed E-state index contributed by atoms with van der Waals surface area (Å²) in [5.41, 5.74) is 1.63. The molecule has 0 heterocycles. The zero-order chi connectivity index (χ0) is 17.5. The normalized spacial score (nSPS) is 10.2. The van der Waals surface area contributed by atoms with E-state index >= 15 is 0 Å². The fourth-order valence-electron chi connectivity index (χ4n) is 2.21. The maximum absolute atomic E-state index is 12.2. The van der Waals surface area contributed by atoms with Crippen LogP contribution < -0.4 is 14.2 Å². The molecule has 2 aromatic rings. The molecule has 0 atom stereocenters. The van der Waals surface area contributed by atoms with Crippen molar-refractivity contribution in [1.82, 2.24) is 0 Å². The van der Waals surface area contributed by atoms with E-state index in [4.69, 9.17) is 19.5 Å². The average Bonchev–Trinajstić information content (AvgIpc) is 2.64. The summed E-state index contributed by atoms with van der Waals surface area (Å²) in [7, 11) is 4.59. The SMILES string of the molecule is COc1cc(/C=C/C(=O)c2cccc(C#N)c2)cc(OC)c1OC. The molecular formula is C19H17NO4. The highest BCUT2D eigenvalue weighted by Crippen LogP contribution is 2.38. The number of ketones is 1. The van der Waals surface area contributed by atoms with Crippen molar-refractivity contribution in [1.29, 1.82) is 5.26 Å². The van der Waals surface area contributed by atoms with Crippen LogP contribution in [0.3, 0.4) is 0 Å². The lowest BCUT2D eigenvalue weighted by Gasteiger charge is -2.12. The number of carbonyl (C=O) groups excluding carboxylic acids is 1. The Labute approximate surface area is 140 Å². The number of nitriles is 1. The van der Waals surface area contributed by atoms with Crippen molar-refractivity contribution in [3.8, 4) is 23.3 Å². The predicted octanol–water partition coefficient (Wildman–Crippen LogP) is 3.48. The minimum atomic E-state index is -0.194. The standard InChI is InChI=1S/C19H17NO4/c1-22-17-10-13(11-18(23-2)19(17)24-3)7-8-16(21)15-6-4-5-14(9-15)12-20/h4-11H,1-3H3/b8-7+. The number of rotatable bonds is 6. The lowest BCUT2D eigenvalue weighted by molar-refractivity contribution is 0.104. The molecule has 0 aliphatic rings. The molecule has 5 nitrogen and oxygen atoms in total. The van der Waals surface area contributed by atoms with Crippen LogP contribution in [0.1, 0.15) is 21.5 Å². The summed E-state index contributed by atoms with van der Waals surface area (Å²) >= 11 is 0. The Morgan fingerprint density at radius 3 is 2.25 bits per heavy atom. The van der Waals surface area contributed by atoms with E-state index in [1.165, 1.54) is 27.4 Å². The van der Waals surface area contributed by atoms with E-state index in [1.807, 2.05) is 6.07 Å². The van der Waals surface area contributed by atoms with E-state index in [0.717, 1.165) is 5.56 Å². The predicted molar refractivity (Wildman–Crippen MR) is 90.6 cm³/mol. The quantitative estimate of drug-likeness (QED) is 0.601. The highest BCUT2D eigenvalue weighted by molar-refractivity contribution is 6.07. The Balaban J connectivity index is 2.31. The molecule has 0 spiro atoms. The molecule has 5 heteroatoms. The Hall–Kier alpha value is -3.26. The van der Waals surface area contributed by atoms with Crippen LogP contribution >= 0.6 is 0 Å². The van der Waals surface area contributed by atoms with Crippen molar-refractivity contribution in [2.24, 2.45) is 0 Å². The first kappa shape index (κ1) is 17.1. The lowest BCUT2D eigenvalue weighted by atomic mass is 10.1. The van der Waals surface area contributed by atoms with Crippen molar-refractivity contribution in [3.05, 3.63) is 59.2 Å². The second-order valence-corrected chi connectivity index (χ2v) is 4.85. The van der Waals surface area contributed by atoms with E-state index in [1.54, 1.807) is 42.5 Å². The van der Waals surface area contributed by atoms with Gasteiger partial charge in [-0.1, -0.05) is 18.2 Å². The van der Waals surface area contributed by atoms with Gasteiger partial charge in [-0.3, -0.25) is 4.79 Å². The lowest BCUT2D eigenvalue weighted by Crippen LogP contribution is -1.96. The molecule has 0 unspecified atom stereocenters. The first-order chi connectivity index (χ1) is 11.6. The average molecular weight is 323 g/mol. The second-order valence-electron chi connectivity index (χ2n) is 4.85. The van der Waals surface area contributed by atoms with Gasteiger partial charge in [0, 0.05) is 5.56 Å². The first-order valence-corrected chi connectivity index (χ1v) is 7.15. The van der Waals surface area contributed by atoms with E-state index in [9.17, 15) is 4.79 Å². The summed E-state index contributed by atoms with van der Waals surface area (Å²) in [5, 5.41) is 8.90. The Morgan fingerprint density at radius 1 is 1.04 bits per heavy atom. The highest BCUT2D eigenvalue weighted by atomic mass is 16.5. The molecule has 0 aromatic heterocycles. The van der Waals surface area contributed by atoms with Gasteiger partial charge in [0.05, 0.1) is 33.0 Å². The van der Waals surface area contributed by atoms with Gasteiger partial charge in [0.2, 0.25) is 5.75 Å². The zero-order valence-corrected chi connectivity index (χ0v) is 13.7. The van der Waals surface area contributed by atoms with Crippen molar-refractivity contribution in [2.75, 3.05) is 21.3 Å². The van der Waals surface area contributed by atoms with Gasteiger partial charge >= 0.3 is 0 Å². The molecule has 0 amide bonds. The molecule has 0 aliphatic carbocycles. The van der Waals surface area contributed by atoms with Crippen LogP contribution in [-0.4, -0.2) is 27.1 Å². The second kappa shape index (κ2) is 7.84. The third-order valence-electron chi connectivity index (χ3n) is 3.39. The Kier molecular flexibility index (Phi) is 5.58. The number of hydrogen-bond acceptors (Lipinski definition) is 5. The van der Waals surface area contributed by atoms with Crippen molar-refractivity contribution in [3.63, 3.8) is 0 Å². The zero-order valence-electron chi connectivity index (χ0n) is 13.7. The number of nitrogens with zero attached hydrogens (tertiary/aromatic N) is 1. The molecule has 2 aromatic carbocycles. The van der Waals surface area contributed by atoms with E-state index in [-0.39, 0.29) is 5.78 Å². The summed E-state index contributed by atoms with van der Waals surface area (Å²) < 4.78 is 15.8. The summed E-state index contributed by atoms with van der Waals surface area (Å²) in [5.74, 6) is 1.32. The number of hydrogen-bond donors (Lipinski definition) is 0. The number of carbonyl (C=O) groups is 1. The van der Waals surface area contributed by atoms with Crippen LogP contribution in [0.4, 0.5) is 0 Å². The van der Waals surface area contributed by atoms with Crippen LogP contribution in [0.5, 0.6) is 17.2 Å². The first-order valence-electron chi connectivity index (χ1n) is 7.15. The smallest absolute Gasteiger partial charge is 0.203 e.